The van der Waals surface area contributed by atoms with Gasteiger partial charge < -0.3 is 4.84 Å². The summed E-state index contributed by atoms with van der Waals surface area (Å²) in [5, 5.41) is 4.32. The number of hydrogen-bond donors (Lipinski definition) is 0. The summed E-state index contributed by atoms with van der Waals surface area (Å²) in [4.78, 5) is 38.4. The Labute approximate surface area is 231 Å². The molecule has 2 aromatic carbocycles. The predicted molar refractivity (Wildman–Crippen MR) is 149 cm³/mol. The number of aromatic nitrogens is 2. The topological polar surface area (TPSA) is 75.7 Å². The van der Waals surface area contributed by atoms with Gasteiger partial charge in [-0.1, -0.05) is 71.2 Å². The van der Waals surface area contributed by atoms with Gasteiger partial charge in [-0.2, -0.15) is 9.47 Å². The monoisotopic (exact) mass is 535 g/mol. The standard InChI is InChI=1S/C31H24ClN4O3/c1-3-21(2)39-34-19-22-8-6-9-24(16-22)25-10-7-11-26(17-25)29-30(37)35-15-5-4-12-28(35)36(31(29)38)20-23-13-14-27(32)33-18-23/h1,4-19,21,29H,20H2,2H3/q+1/b34-19+. The smallest absolute Gasteiger partial charge is 0.333 e. The van der Waals surface area contributed by atoms with Crippen molar-refractivity contribution in [3.63, 3.8) is 0 Å². The number of nitrogens with zero attached hydrogens (tertiary/aromatic N) is 4. The van der Waals surface area contributed by atoms with Crippen LogP contribution in [0.4, 0.5) is 5.82 Å². The number of terminal acetylenes is 1. The summed E-state index contributed by atoms with van der Waals surface area (Å²) in [5.74, 6) is 1.34. The summed E-state index contributed by atoms with van der Waals surface area (Å²) < 4.78 is 1.52. The van der Waals surface area contributed by atoms with Crippen molar-refractivity contribution in [3.8, 4) is 23.5 Å². The summed E-state index contributed by atoms with van der Waals surface area (Å²) in [5.41, 5.74) is 3.98. The Balaban J connectivity index is 1.48. The third-order valence-electron chi connectivity index (χ3n) is 6.34. The van der Waals surface area contributed by atoms with Crippen molar-refractivity contribution < 1.29 is 19.0 Å². The summed E-state index contributed by atoms with van der Waals surface area (Å²) in [6.07, 6.45) is 9.79. The molecule has 0 bridgehead atoms. The number of anilines is 1. The maximum Gasteiger partial charge on any atom is 0.333 e. The second kappa shape index (κ2) is 11.3. The number of oxime groups is 1. The average molecular weight is 536 g/mol. The molecule has 3 heterocycles. The van der Waals surface area contributed by atoms with Crippen LogP contribution in [0.5, 0.6) is 0 Å². The lowest BCUT2D eigenvalue weighted by molar-refractivity contribution is -0.563. The Kier molecular flexibility index (Phi) is 7.48. The minimum absolute atomic E-state index is 0.248. The fraction of sp³-hybridized carbons (Fsp3) is 0.129. The fourth-order valence-corrected chi connectivity index (χ4v) is 4.50. The van der Waals surface area contributed by atoms with Gasteiger partial charge >= 0.3 is 11.8 Å². The van der Waals surface area contributed by atoms with Crippen molar-refractivity contribution in [3.05, 3.63) is 113 Å². The van der Waals surface area contributed by atoms with E-state index in [1.165, 1.54) is 4.57 Å². The van der Waals surface area contributed by atoms with Gasteiger partial charge in [0, 0.05) is 17.8 Å². The zero-order valence-electron chi connectivity index (χ0n) is 21.1. The molecule has 1 amide bonds. The molecule has 4 aromatic rings. The molecular formula is C31H24ClN4O3+. The highest BCUT2D eigenvalue weighted by Crippen LogP contribution is 2.31. The first kappa shape index (κ1) is 25.8. The minimum Gasteiger partial charge on any atom is -0.380 e. The molecule has 2 unspecified atom stereocenters. The van der Waals surface area contributed by atoms with Gasteiger partial charge in [0.1, 0.15) is 11.7 Å². The lowest BCUT2D eigenvalue weighted by Gasteiger charge is -2.26. The fourth-order valence-electron chi connectivity index (χ4n) is 4.39. The Hall–Kier alpha value is -4.80. The Morgan fingerprint density at radius 2 is 1.90 bits per heavy atom. The summed E-state index contributed by atoms with van der Waals surface area (Å²) >= 11 is 5.94. The maximum absolute atomic E-state index is 13.9. The molecule has 39 heavy (non-hydrogen) atoms. The van der Waals surface area contributed by atoms with Gasteiger partial charge in [0.2, 0.25) is 0 Å². The van der Waals surface area contributed by atoms with Crippen LogP contribution in [0.25, 0.3) is 11.1 Å². The first-order chi connectivity index (χ1) is 18.9. The van der Waals surface area contributed by atoms with Gasteiger partial charge in [-0.15, -0.1) is 6.42 Å². The number of pyridine rings is 2. The van der Waals surface area contributed by atoms with Crippen molar-refractivity contribution in [1.82, 2.24) is 4.98 Å². The molecule has 7 nitrogen and oxygen atoms in total. The summed E-state index contributed by atoms with van der Waals surface area (Å²) in [7, 11) is 0. The van der Waals surface area contributed by atoms with Crippen LogP contribution in [0.1, 0.15) is 34.3 Å². The maximum atomic E-state index is 13.9. The number of benzene rings is 2. The number of fused-ring (bicyclic) bond motifs is 1. The molecule has 8 heteroatoms. The van der Waals surface area contributed by atoms with Crippen LogP contribution in [-0.4, -0.2) is 29.1 Å². The highest BCUT2D eigenvalue weighted by atomic mass is 35.5. The highest BCUT2D eigenvalue weighted by Gasteiger charge is 2.47. The molecule has 0 spiro atoms. The first-order valence-electron chi connectivity index (χ1n) is 12.3. The zero-order valence-corrected chi connectivity index (χ0v) is 21.8. The molecule has 1 aliphatic heterocycles. The Morgan fingerprint density at radius 1 is 1.10 bits per heavy atom. The van der Waals surface area contributed by atoms with E-state index in [1.807, 2.05) is 48.5 Å². The van der Waals surface area contributed by atoms with Gasteiger partial charge in [-0.3, -0.25) is 0 Å². The second-order valence-electron chi connectivity index (χ2n) is 9.01. The lowest BCUT2D eigenvalue weighted by Crippen LogP contribution is -2.59. The van der Waals surface area contributed by atoms with E-state index in [2.05, 4.69) is 16.1 Å². The van der Waals surface area contributed by atoms with Gasteiger partial charge in [0.15, 0.2) is 12.0 Å². The molecule has 2 atom stereocenters. The third kappa shape index (κ3) is 5.57. The SMILES string of the molecule is C#CC(C)O/N=C/c1cccc(-c2cccc(C3C(=O)N(Cc4ccc(Cl)nc4)c4cccc[n+]4C3=O)c2)c1. The second-order valence-corrected chi connectivity index (χ2v) is 9.40. The molecule has 0 N–H and O–H groups in total. The number of carbonyl (C=O) groups is 2. The molecule has 1 aliphatic rings. The molecule has 2 aromatic heterocycles. The molecular weight excluding hydrogens is 512 g/mol. The van der Waals surface area contributed by atoms with Gasteiger partial charge in [-0.25, -0.2) is 14.6 Å². The van der Waals surface area contributed by atoms with Crippen molar-refractivity contribution in [2.24, 2.45) is 5.16 Å². The number of rotatable bonds is 7. The third-order valence-corrected chi connectivity index (χ3v) is 6.56. The lowest BCUT2D eigenvalue weighted by atomic mass is 9.91. The van der Waals surface area contributed by atoms with Crippen LogP contribution in [0, 0.1) is 12.3 Å². The minimum atomic E-state index is -1.01. The van der Waals surface area contributed by atoms with E-state index in [0.717, 1.165) is 22.3 Å². The van der Waals surface area contributed by atoms with Crippen LogP contribution >= 0.6 is 11.6 Å². The van der Waals surface area contributed by atoms with Crippen molar-refractivity contribution in [1.29, 1.82) is 0 Å². The number of carbonyl (C=O) groups excluding carboxylic acids is 2. The number of halogens is 1. The molecule has 0 saturated heterocycles. The first-order valence-corrected chi connectivity index (χ1v) is 12.6. The van der Waals surface area contributed by atoms with Crippen molar-refractivity contribution in [2.75, 3.05) is 4.90 Å². The van der Waals surface area contributed by atoms with Gasteiger partial charge in [0.25, 0.3) is 5.82 Å². The van der Waals surface area contributed by atoms with Gasteiger partial charge in [-0.05, 0) is 53.4 Å². The summed E-state index contributed by atoms with van der Waals surface area (Å²) in [6, 6.07) is 24.0. The van der Waals surface area contributed by atoms with E-state index < -0.39 is 12.0 Å². The number of hydrogen-bond acceptors (Lipinski definition) is 5. The van der Waals surface area contributed by atoms with E-state index in [0.29, 0.717) is 16.5 Å². The zero-order chi connectivity index (χ0) is 27.4. The van der Waals surface area contributed by atoms with E-state index >= 15 is 0 Å². The molecule has 5 rings (SSSR count). The predicted octanol–water partition coefficient (Wildman–Crippen LogP) is 5.03. The van der Waals surface area contributed by atoms with Crippen LogP contribution in [-0.2, 0) is 16.2 Å². The van der Waals surface area contributed by atoms with Crippen LogP contribution in [0.2, 0.25) is 5.15 Å². The van der Waals surface area contributed by atoms with Crippen molar-refractivity contribution in [2.45, 2.75) is 25.5 Å². The Bertz CT molecular complexity index is 1610. The quantitative estimate of drug-likeness (QED) is 0.0830. The van der Waals surface area contributed by atoms with Crippen LogP contribution in [0.15, 0.2) is 96.4 Å². The molecule has 0 saturated carbocycles. The van der Waals surface area contributed by atoms with E-state index in [9.17, 15) is 9.59 Å². The van der Waals surface area contributed by atoms with E-state index in [1.54, 1.807) is 60.8 Å². The summed E-state index contributed by atoms with van der Waals surface area (Å²) in [6.45, 7) is 1.98. The average Bonchev–Trinajstić information content (AvgIpc) is 2.96. The molecule has 0 radical (unpaired) electrons. The van der Waals surface area contributed by atoms with E-state index in [4.69, 9.17) is 22.9 Å². The molecule has 0 aliphatic carbocycles. The Morgan fingerprint density at radius 3 is 2.67 bits per heavy atom. The van der Waals surface area contributed by atoms with Gasteiger partial charge in [0.05, 0.1) is 12.4 Å². The van der Waals surface area contributed by atoms with Crippen LogP contribution in [0.3, 0.4) is 0 Å². The normalized spacial score (nSPS) is 15.6. The van der Waals surface area contributed by atoms with E-state index in [-0.39, 0.29) is 18.4 Å². The van der Waals surface area contributed by atoms with Crippen LogP contribution < -0.4 is 9.47 Å². The van der Waals surface area contributed by atoms with Crippen molar-refractivity contribution >= 4 is 35.4 Å². The molecule has 0 fully saturated rings. The largest absolute Gasteiger partial charge is 0.380 e. The number of amides is 1. The molecule has 192 valence electrons. The highest BCUT2D eigenvalue weighted by molar-refractivity contribution is 6.29.